The lowest BCUT2D eigenvalue weighted by molar-refractivity contribution is -0.138. The van der Waals surface area contributed by atoms with Gasteiger partial charge in [-0.25, -0.2) is 0 Å². The van der Waals surface area contributed by atoms with Gasteiger partial charge in [0.15, 0.2) is 0 Å². The SMILES string of the molecule is CC(C)CN1CC(C(=O)N(C2CCCC2)C2CC2)CC1=O. The maximum atomic E-state index is 12.9. The summed E-state index contributed by atoms with van der Waals surface area (Å²) in [6.45, 7) is 5.68. The predicted molar refractivity (Wildman–Crippen MR) is 81.6 cm³/mol. The van der Waals surface area contributed by atoms with E-state index in [0.717, 1.165) is 6.54 Å². The lowest BCUT2D eigenvalue weighted by Gasteiger charge is -2.31. The summed E-state index contributed by atoms with van der Waals surface area (Å²) in [5.41, 5.74) is 0. The van der Waals surface area contributed by atoms with Crippen molar-refractivity contribution in [3.63, 3.8) is 0 Å². The van der Waals surface area contributed by atoms with Crippen molar-refractivity contribution in [2.45, 2.75) is 70.9 Å². The molecule has 3 aliphatic rings. The van der Waals surface area contributed by atoms with Crippen LogP contribution in [0.25, 0.3) is 0 Å². The Morgan fingerprint density at radius 2 is 1.81 bits per heavy atom. The first-order valence-electron chi connectivity index (χ1n) is 8.66. The number of hydrogen-bond acceptors (Lipinski definition) is 2. The van der Waals surface area contributed by atoms with Gasteiger partial charge >= 0.3 is 0 Å². The zero-order chi connectivity index (χ0) is 15.0. The van der Waals surface area contributed by atoms with Crippen LogP contribution in [0.1, 0.15) is 58.8 Å². The Hall–Kier alpha value is -1.06. The molecule has 0 aromatic heterocycles. The number of nitrogens with zero attached hydrogens (tertiary/aromatic N) is 2. The minimum atomic E-state index is -0.0857. The third-order valence-electron chi connectivity index (χ3n) is 5.06. The second-order valence-electron chi connectivity index (χ2n) is 7.51. The number of hydrogen-bond donors (Lipinski definition) is 0. The molecule has 4 heteroatoms. The molecule has 0 bridgehead atoms. The van der Waals surface area contributed by atoms with Gasteiger partial charge < -0.3 is 9.80 Å². The summed E-state index contributed by atoms with van der Waals surface area (Å²) in [4.78, 5) is 29.1. The van der Waals surface area contributed by atoms with Gasteiger partial charge in [-0.3, -0.25) is 9.59 Å². The highest BCUT2D eigenvalue weighted by molar-refractivity contribution is 5.89. The quantitative estimate of drug-likeness (QED) is 0.781. The van der Waals surface area contributed by atoms with Crippen molar-refractivity contribution in [1.29, 1.82) is 0 Å². The fourth-order valence-corrected chi connectivity index (χ4v) is 3.96. The molecule has 1 unspecified atom stereocenters. The van der Waals surface area contributed by atoms with Crippen molar-refractivity contribution in [3.8, 4) is 0 Å². The van der Waals surface area contributed by atoms with E-state index in [1.165, 1.54) is 38.5 Å². The van der Waals surface area contributed by atoms with Gasteiger partial charge in [0.2, 0.25) is 11.8 Å². The van der Waals surface area contributed by atoms with Crippen LogP contribution in [-0.2, 0) is 9.59 Å². The van der Waals surface area contributed by atoms with E-state index in [1.807, 2.05) is 4.90 Å². The van der Waals surface area contributed by atoms with Crippen LogP contribution in [0.3, 0.4) is 0 Å². The molecule has 1 saturated heterocycles. The van der Waals surface area contributed by atoms with Gasteiger partial charge in [-0.15, -0.1) is 0 Å². The smallest absolute Gasteiger partial charge is 0.228 e. The third kappa shape index (κ3) is 3.24. The number of amides is 2. The van der Waals surface area contributed by atoms with Crippen molar-refractivity contribution in [3.05, 3.63) is 0 Å². The van der Waals surface area contributed by atoms with Gasteiger partial charge in [-0.05, 0) is 31.6 Å². The molecule has 0 N–H and O–H groups in total. The van der Waals surface area contributed by atoms with Crippen LogP contribution in [0, 0.1) is 11.8 Å². The Morgan fingerprint density at radius 3 is 2.38 bits per heavy atom. The molecule has 3 fully saturated rings. The zero-order valence-corrected chi connectivity index (χ0v) is 13.4. The predicted octanol–water partition coefficient (Wildman–Crippen LogP) is 2.42. The first-order valence-corrected chi connectivity index (χ1v) is 8.66. The summed E-state index contributed by atoms with van der Waals surface area (Å²) in [7, 11) is 0. The lowest BCUT2D eigenvalue weighted by atomic mass is 10.0. The summed E-state index contributed by atoms with van der Waals surface area (Å²) in [6.07, 6.45) is 7.60. The van der Waals surface area contributed by atoms with Crippen LogP contribution in [0.15, 0.2) is 0 Å². The molecule has 0 aromatic rings. The summed E-state index contributed by atoms with van der Waals surface area (Å²) in [6, 6.07) is 0.939. The monoisotopic (exact) mass is 292 g/mol. The van der Waals surface area contributed by atoms with Crippen LogP contribution >= 0.6 is 0 Å². The number of carbonyl (C=O) groups excluding carboxylic acids is 2. The maximum absolute atomic E-state index is 12.9. The van der Waals surface area contributed by atoms with Crippen molar-refractivity contribution >= 4 is 11.8 Å². The molecule has 0 radical (unpaired) electrons. The molecule has 118 valence electrons. The minimum absolute atomic E-state index is 0.0857. The molecule has 21 heavy (non-hydrogen) atoms. The largest absolute Gasteiger partial charge is 0.342 e. The van der Waals surface area contributed by atoms with E-state index in [-0.39, 0.29) is 17.7 Å². The maximum Gasteiger partial charge on any atom is 0.228 e. The van der Waals surface area contributed by atoms with E-state index in [1.54, 1.807) is 0 Å². The molecule has 4 nitrogen and oxygen atoms in total. The van der Waals surface area contributed by atoms with E-state index in [2.05, 4.69) is 18.7 Å². The van der Waals surface area contributed by atoms with Crippen LogP contribution < -0.4 is 0 Å². The van der Waals surface area contributed by atoms with Crippen molar-refractivity contribution in [1.82, 2.24) is 9.80 Å². The van der Waals surface area contributed by atoms with E-state index >= 15 is 0 Å². The third-order valence-corrected chi connectivity index (χ3v) is 5.06. The van der Waals surface area contributed by atoms with E-state index in [0.29, 0.717) is 31.0 Å². The van der Waals surface area contributed by atoms with Crippen LogP contribution in [0.2, 0.25) is 0 Å². The number of likely N-dealkylation sites (tertiary alicyclic amines) is 1. The van der Waals surface area contributed by atoms with Gasteiger partial charge in [-0.2, -0.15) is 0 Å². The van der Waals surface area contributed by atoms with Gasteiger partial charge in [0.1, 0.15) is 0 Å². The number of rotatable bonds is 5. The molecule has 1 heterocycles. The van der Waals surface area contributed by atoms with Gasteiger partial charge in [-0.1, -0.05) is 26.7 Å². The van der Waals surface area contributed by atoms with Crippen molar-refractivity contribution in [2.24, 2.45) is 11.8 Å². The zero-order valence-electron chi connectivity index (χ0n) is 13.4. The number of carbonyl (C=O) groups is 2. The van der Waals surface area contributed by atoms with Crippen LogP contribution in [0.4, 0.5) is 0 Å². The molecule has 0 aromatic carbocycles. The lowest BCUT2D eigenvalue weighted by Crippen LogP contribution is -2.44. The summed E-state index contributed by atoms with van der Waals surface area (Å²) in [5.74, 6) is 0.822. The Balaban J connectivity index is 1.65. The van der Waals surface area contributed by atoms with E-state index < -0.39 is 0 Å². The van der Waals surface area contributed by atoms with E-state index in [9.17, 15) is 9.59 Å². The molecule has 1 aliphatic heterocycles. The molecule has 2 saturated carbocycles. The molecular weight excluding hydrogens is 264 g/mol. The Bertz CT molecular complexity index is 411. The first-order chi connectivity index (χ1) is 10.1. The van der Waals surface area contributed by atoms with Gasteiger partial charge in [0.05, 0.1) is 5.92 Å². The second-order valence-corrected chi connectivity index (χ2v) is 7.51. The summed E-state index contributed by atoms with van der Waals surface area (Å²) in [5, 5.41) is 0. The fourth-order valence-electron chi connectivity index (χ4n) is 3.96. The Labute approximate surface area is 127 Å². The average Bonchev–Trinajstić information content (AvgIpc) is 2.97. The van der Waals surface area contributed by atoms with Gasteiger partial charge in [0, 0.05) is 31.6 Å². The fraction of sp³-hybridized carbons (Fsp3) is 0.882. The first kappa shape index (κ1) is 14.9. The van der Waals surface area contributed by atoms with Crippen LogP contribution in [-0.4, -0.2) is 46.8 Å². The normalized spacial score (nSPS) is 26.9. The molecule has 2 amide bonds. The molecule has 0 spiro atoms. The van der Waals surface area contributed by atoms with E-state index in [4.69, 9.17) is 0 Å². The van der Waals surface area contributed by atoms with Crippen molar-refractivity contribution < 1.29 is 9.59 Å². The molecule has 1 atom stereocenters. The summed E-state index contributed by atoms with van der Waals surface area (Å²) < 4.78 is 0. The molecule has 3 rings (SSSR count). The highest BCUT2D eigenvalue weighted by atomic mass is 16.2. The van der Waals surface area contributed by atoms with Crippen molar-refractivity contribution in [2.75, 3.05) is 13.1 Å². The average molecular weight is 292 g/mol. The van der Waals surface area contributed by atoms with Crippen LogP contribution in [0.5, 0.6) is 0 Å². The topological polar surface area (TPSA) is 40.6 Å². The Morgan fingerprint density at radius 1 is 1.19 bits per heavy atom. The molecular formula is C17H28N2O2. The summed E-state index contributed by atoms with van der Waals surface area (Å²) >= 11 is 0. The van der Waals surface area contributed by atoms with Gasteiger partial charge in [0.25, 0.3) is 0 Å². The standard InChI is InChI=1S/C17H28N2O2/c1-12(2)10-18-11-13(9-16(18)20)17(21)19(15-7-8-15)14-5-3-4-6-14/h12-15H,3-11H2,1-2H3. The second kappa shape index (κ2) is 5.98. The highest BCUT2D eigenvalue weighted by Crippen LogP contribution is 2.36. The Kier molecular flexibility index (Phi) is 4.23. The molecule has 2 aliphatic carbocycles. The minimum Gasteiger partial charge on any atom is -0.342 e. The highest BCUT2D eigenvalue weighted by Gasteiger charge is 2.44.